The molecule has 0 spiro atoms. The largest absolute Gasteiger partial charge is 0.464 e. The van der Waals surface area contributed by atoms with E-state index in [-0.39, 0.29) is 0 Å². The maximum atomic E-state index is 6.08. The van der Waals surface area contributed by atoms with E-state index in [0.717, 1.165) is 41.8 Å². The van der Waals surface area contributed by atoms with Crippen molar-refractivity contribution < 1.29 is 4.42 Å². The topological polar surface area (TPSA) is 25.2 Å². The molecular formula is C18H27NO. The number of nitrogens with one attached hydrogen (secondary N) is 1. The van der Waals surface area contributed by atoms with E-state index in [1.807, 2.05) is 0 Å². The molecular weight excluding hydrogens is 246 g/mol. The number of rotatable bonds is 4. The molecule has 1 atom stereocenters. The average Bonchev–Trinajstić information content (AvgIpc) is 2.90. The van der Waals surface area contributed by atoms with Gasteiger partial charge in [-0.1, -0.05) is 6.92 Å². The normalized spacial score (nSPS) is 40.2. The molecule has 1 heterocycles. The summed E-state index contributed by atoms with van der Waals surface area (Å²) in [4.78, 5) is 0. The summed E-state index contributed by atoms with van der Waals surface area (Å²) >= 11 is 0. The summed E-state index contributed by atoms with van der Waals surface area (Å²) in [7, 11) is 2.11. The van der Waals surface area contributed by atoms with Crippen LogP contribution in [0.3, 0.4) is 0 Å². The fourth-order valence-corrected chi connectivity index (χ4v) is 5.79. The molecule has 20 heavy (non-hydrogen) atoms. The summed E-state index contributed by atoms with van der Waals surface area (Å²) in [6.45, 7) is 2.17. The summed E-state index contributed by atoms with van der Waals surface area (Å²) in [6.07, 6.45) is 8.46. The first-order valence-corrected chi connectivity index (χ1v) is 8.54. The Morgan fingerprint density at radius 2 is 1.75 bits per heavy atom. The molecule has 0 aliphatic heterocycles. The highest BCUT2D eigenvalue weighted by Crippen LogP contribution is 2.59. The third-order valence-corrected chi connectivity index (χ3v) is 6.33. The Morgan fingerprint density at radius 1 is 1.10 bits per heavy atom. The van der Waals surface area contributed by atoms with Crippen molar-refractivity contribution in [3.63, 3.8) is 0 Å². The monoisotopic (exact) mass is 273 g/mol. The van der Waals surface area contributed by atoms with Gasteiger partial charge in [0.25, 0.3) is 0 Å². The van der Waals surface area contributed by atoms with Crippen LogP contribution in [0.25, 0.3) is 0 Å². The second-order valence-electron chi connectivity index (χ2n) is 7.43. The van der Waals surface area contributed by atoms with E-state index in [9.17, 15) is 0 Å². The SMILES string of the molecule is CCc1ccc(C(NC)C2C3CC4CC(C3)CC2C4)o1. The zero-order valence-electron chi connectivity index (χ0n) is 12.8. The summed E-state index contributed by atoms with van der Waals surface area (Å²) in [6, 6.07) is 4.81. The lowest BCUT2D eigenvalue weighted by Crippen LogP contribution is -2.49. The predicted molar refractivity (Wildman–Crippen MR) is 80.4 cm³/mol. The summed E-state index contributed by atoms with van der Waals surface area (Å²) < 4.78 is 6.08. The van der Waals surface area contributed by atoms with Gasteiger partial charge in [-0.25, -0.2) is 0 Å². The van der Waals surface area contributed by atoms with E-state index in [0.29, 0.717) is 6.04 Å². The molecule has 1 aromatic heterocycles. The van der Waals surface area contributed by atoms with E-state index in [2.05, 4.69) is 31.4 Å². The second kappa shape index (κ2) is 4.91. The molecule has 110 valence electrons. The van der Waals surface area contributed by atoms with Crippen LogP contribution in [0.2, 0.25) is 0 Å². The number of furan rings is 1. The third-order valence-electron chi connectivity index (χ3n) is 6.33. The van der Waals surface area contributed by atoms with Crippen molar-refractivity contribution in [3.8, 4) is 0 Å². The van der Waals surface area contributed by atoms with Crippen molar-refractivity contribution in [2.24, 2.45) is 29.6 Å². The Morgan fingerprint density at radius 3 is 2.25 bits per heavy atom. The highest BCUT2D eigenvalue weighted by molar-refractivity contribution is 5.14. The lowest BCUT2D eigenvalue weighted by atomic mass is 9.50. The Kier molecular flexibility index (Phi) is 3.17. The van der Waals surface area contributed by atoms with Crippen LogP contribution in [-0.4, -0.2) is 7.05 Å². The quantitative estimate of drug-likeness (QED) is 0.890. The lowest BCUT2D eigenvalue weighted by molar-refractivity contribution is -0.0543. The van der Waals surface area contributed by atoms with Crippen LogP contribution in [-0.2, 0) is 6.42 Å². The minimum Gasteiger partial charge on any atom is -0.464 e. The fourth-order valence-electron chi connectivity index (χ4n) is 5.79. The maximum absolute atomic E-state index is 6.08. The summed E-state index contributed by atoms with van der Waals surface area (Å²) in [5.74, 6) is 7.11. The molecule has 4 bridgehead atoms. The molecule has 4 fully saturated rings. The molecule has 5 rings (SSSR count). The lowest BCUT2D eigenvalue weighted by Gasteiger charge is -2.56. The second-order valence-corrected chi connectivity index (χ2v) is 7.43. The first-order valence-electron chi connectivity index (χ1n) is 8.54. The van der Waals surface area contributed by atoms with Gasteiger partial charge in [-0.2, -0.15) is 0 Å². The van der Waals surface area contributed by atoms with E-state index < -0.39 is 0 Å². The van der Waals surface area contributed by atoms with Gasteiger partial charge >= 0.3 is 0 Å². The molecule has 1 unspecified atom stereocenters. The molecule has 0 amide bonds. The highest BCUT2D eigenvalue weighted by atomic mass is 16.3. The number of aryl methyl sites for hydroxylation is 1. The minimum absolute atomic E-state index is 0.435. The van der Waals surface area contributed by atoms with Gasteiger partial charge in [-0.15, -0.1) is 0 Å². The van der Waals surface area contributed by atoms with Gasteiger partial charge in [0.15, 0.2) is 0 Å². The Balaban J connectivity index is 1.61. The van der Waals surface area contributed by atoms with Crippen LogP contribution in [0.15, 0.2) is 16.5 Å². The Bertz CT molecular complexity index is 450. The molecule has 1 aromatic rings. The minimum atomic E-state index is 0.435. The maximum Gasteiger partial charge on any atom is 0.121 e. The van der Waals surface area contributed by atoms with Crippen LogP contribution in [0, 0.1) is 29.6 Å². The van der Waals surface area contributed by atoms with Crippen molar-refractivity contribution in [2.75, 3.05) is 7.05 Å². The molecule has 0 radical (unpaired) electrons. The van der Waals surface area contributed by atoms with Gasteiger partial charge < -0.3 is 9.73 Å². The third kappa shape index (κ3) is 1.95. The zero-order valence-corrected chi connectivity index (χ0v) is 12.8. The Hall–Kier alpha value is -0.760. The highest BCUT2D eigenvalue weighted by Gasteiger charge is 2.51. The first kappa shape index (κ1) is 12.9. The van der Waals surface area contributed by atoms with Gasteiger partial charge in [0.2, 0.25) is 0 Å². The molecule has 2 heteroatoms. The molecule has 2 nitrogen and oxygen atoms in total. The van der Waals surface area contributed by atoms with Crippen LogP contribution < -0.4 is 5.32 Å². The average molecular weight is 273 g/mol. The van der Waals surface area contributed by atoms with Crippen molar-refractivity contribution in [1.82, 2.24) is 5.32 Å². The molecule has 4 aliphatic rings. The standard InChI is InChI=1S/C18H27NO/c1-3-15-4-5-16(20-15)18(19-2)17-13-7-11-6-12(9-13)10-14(17)8-11/h4-5,11-14,17-19H,3,6-10H2,1-2H3. The molecule has 0 saturated heterocycles. The van der Waals surface area contributed by atoms with Crippen molar-refractivity contribution >= 4 is 0 Å². The van der Waals surface area contributed by atoms with Gasteiger partial charge in [0.1, 0.15) is 11.5 Å². The number of hydrogen-bond donors (Lipinski definition) is 1. The van der Waals surface area contributed by atoms with Crippen LogP contribution >= 0.6 is 0 Å². The fraction of sp³-hybridized carbons (Fsp3) is 0.778. The van der Waals surface area contributed by atoms with Crippen LogP contribution in [0.1, 0.15) is 56.6 Å². The van der Waals surface area contributed by atoms with Crippen molar-refractivity contribution in [2.45, 2.75) is 51.5 Å². The van der Waals surface area contributed by atoms with Gasteiger partial charge in [0, 0.05) is 6.42 Å². The molecule has 4 saturated carbocycles. The summed E-state index contributed by atoms with van der Waals surface area (Å²) in [5.41, 5.74) is 0. The van der Waals surface area contributed by atoms with Crippen LogP contribution in [0.4, 0.5) is 0 Å². The van der Waals surface area contributed by atoms with E-state index in [1.54, 1.807) is 0 Å². The smallest absolute Gasteiger partial charge is 0.121 e. The van der Waals surface area contributed by atoms with Crippen LogP contribution in [0.5, 0.6) is 0 Å². The van der Waals surface area contributed by atoms with E-state index >= 15 is 0 Å². The summed E-state index contributed by atoms with van der Waals surface area (Å²) in [5, 5.41) is 3.59. The van der Waals surface area contributed by atoms with E-state index in [4.69, 9.17) is 4.42 Å². The van der Waals surface area contributed by atoms with Gasteiger partial charge in [-0.05, 0) is 80.9 Å². The number of hydrogen-bond acceptors (Lipinski definition) is 2. The van der Waals surface area contributed by atoms with E-state index in [1.165, 1.54) is 37.9 Å². The van der Waals surface area contributed by atoms with Crippen molar-refractivity contribution in [1.29, 1.82) is 0 Å². The molecule has 4 aliphatic carbocycles. The van der Waals surface area contributed by atoms with Gasteiger partial charge in [0.05, 0.1) is 6.04 Å². The predicted octanol–water partition coefficient (Wildman–Crippen LogP) is 4.17. The molecule has 0 aromatic carbocycles. The first-order chi connectivity index (χ1) is 9.78. The van der Waals surface area contributed by atoms with Gasteiger partial charge in [-0.3, -0.25) is 0 Å². The van der Waals surface area contributed by atoms with Crippen molar-refractivity contribution in [3.05, 3.63) is 23.7 Å². The zero-order chi connectivity index (χ0) is 13.7. The Labute approximate surface area is 122 Å². The molecule has 1 N–H and O–H groups in total.